The van der Waals surface area contributed by atoms with Gasteiger partial charge in [0.2, 0.25) is 11.8 Å². The SMILES string of the molecule is CCCCC(CC)C(=O)NC(C)COCC(C)COC(C)COCC(C)NC(=O)C(CC)CCCC. The Balaban J connectivity index is 4.01. The first-order chi connectivity index (χ1) is 17.2. The average molecular weight is 515 g/mol. The maximum atomic E-state index is 12.4. The number of carbonyl (C=O) groups excluding carboxylic acids is 2. The number of hydrogen-bond donors (Lipinski definition) is 2. The van der Waals surface area contributed by atoms with Gasteiger partial charge in [-0.3, -0.25) is 9.59 Å². The van der Waals surface area contributed by atoms with Gasteiger partial charge in [0.25, 0.3) is 0 Å². The molecule has 0 aliphatic heterocycles. The lowest BCUT2D eigenvalue weighted by atomic mass is 9.98. The highest BCUT2D eigenvalue weighted by Crippen LogP contribution is 2.14. The molecule has 7 heteroatoms. The first kappa shape index (κ1) is 34.8. The van der Waals surface area contributed by atoms with Crippen LogP contribution in [0.3, 0.4) is 0 Å². The standard InChI is InChI=1S/C29H58N2O5/c1-9-13-15-26(11-3)28(32)30-23(6)19-34-17-22(5)18-36-25(8)21-35-20-24(7)31-29(33)27(12-4)16-14-10-2/h22-27H,9-21H2,1-8H3,(H,30,32)(H,31,33). The second-order valence-corrected chi connectivity index (χ2v) is 10.6. The fourth-order valence-electron chi connectivity index (χ4n) is 4.03. The molecule has 0 rings (SSSR count). The monoisotopic (exact) mass is 514 g/mol. The van der Waals surface area contributed by atoms with Gasteiger partial charge in [0, 0.05) is 29.8 Å². The predicted molar refractivity (Wildman–Crippen MR) is 148 cm³/mol. The highest BCUT2D eigenvalue weighted by Gasteiger charge is 2.19. The number of unbranched alkanes of at least 4 members (excludes halogenated alkanes) is 2. The minimum absolute atomic E-state index is 0.00431. The van der Waals surface area contributed by atoms with Crippen molar-refractivity contribution in [1.82, 2.24) is 10.6 Å². The number of hydrogen-bond acceptors (Lipinski definition) is 5. The summed E-state index contributed by atoms with van der Waals surface area (Å²) in [7, 11) is 0. The van der Waals surface area contributed by atoms with E-state index in [9.17, 15) is 9.59 Å². The summed E-state index contributed by atoms with van der Waals surface area (Å²) in [6, 6.07) is -0.0234. The number of ether oxygens (including phenoxy) is 3. The van der Waals surface area contributed by atoms with Crippen LogP contribution in [-0.2, 0) is 23.8 Å². The quantitative estimate of drug-likeness (QED) is 0.188. The fourth-order valence-corrected chi connectivity index (χ4v) is 4.03. The normalized spacial score (nSPS) is 16.6. The number of rotatable bonds is 23. The Hall–Kier alpha value is -1.18. The van der Waals surface area contributed by atoms with Crippen molar-refractivity contribution < 1.29 is 23.8 Å². The zero-order chi connectivity index (χ0) is 27.3. The molecule has 0 aromatic heterocycles. The van der Waals surface area contributed by atoms with Gasteiger partial charge in [-0.2, -0.15) is 0 Å². The van der Waals surface area contributed by atoms with Gasteiger partial charge in [-0.15, -0.1) is 0 Å². The van der Waals surface area contributed by atoms with E-state index in [-0.39, 0.29) is 47.8 Å². The Morgan fingerprint density at radius 1 is 0.639 bits per heavy atom. The van der Waals surface area contributed by atoms with Crippen molar-refractivity contribution in [2.24, 2.45) is 17.8 Å². The van der Waals surface area contributed by atoms with Crippen LogP contribution in [0.2, 0.25) is 0 Å². The van der Waals surface area contributed by atoms with Gasteiger partial charge < -0.3 is 24.8 Å². The molecule has 0 radical (unpaired) electrons. The Kier molecular flexibility index (Phi) is 21.1. The van der Waals surface area contributed by atoms with E-state index in [1.54, 1.807) is 0 Å². The van der Waals surface area contributed by atoms with Gasteiger partial charge in [0.1, 0.15) is 0 Å². The highest BCUT2D eigenvalue weighted by atomic mass is 16.5. The molecule has 0 aliphatic carbocycles. The van der Waals surface area contributed by atoms with Crippen LogP contribution in [0.1, 0.15) is 107 Å². The molecule has 7 nitrogen and oxygen atoms in total. The van der Waals surface area contributed by atoms with Crippen LogP contribution in [0.4, 0.5) is 0 Å². The predicted octanol–water partition coefficient (Wildman–Crippen LogP) is 5.50. The van der Waals surface area contributed by atoms with E-state index < -0.39 is 0 Å². The third kappa shape index (κ3) is 17.3. The first-order valence-electron chi connectivity index (χ1n) is 14.6. The summed E-state index contributed by atoms with van der Waals surface area (Å²) in [6.45, 7) is 19.1. The van der Waals surface area contributed by atoms with E-state index in [1.165, 1.54) is 0 Å². The molecule has 214 valence electrons. The van der Waals surface area contributed by atoms with E-state index in [4.69, 9.17) is 14.2 Å². The molecule has 0 saturated heterocycles. The maximum Gasteiger partial charge on any atom is 0.223 e. The van der Waals surface area contributed by atoms with Crippen LogP contribution < -0.4 is 10.6 Å². The van der Waals surface area contributed by atoms with Gasteiger partial charge in [-0.05, 0) is 46.5 Å². The largest absolute Gasteiger partial charge is 0.379 e. The molecule has 0 saturated carbocycles. The van der Waals surface area contributed by atoms with Crippen molar-refractivity contribution in [3.63, 3.8) is 0 Å². The van der Waals surface area contributed by atoms with Crippen LogP contribution in [0, 0.1) is 17.8 Å². The van der Waals surface area contributed by atoms with Gasteiger partial charge >= 0.3 is 0 Å². The fraction of sp³-hybridized carbons (Fsp3) is 0.931. The van der Waals surface area contributed by atoms with E-state index in [2.05, 4.69) is 45.3 Å². The van der Waals surface area contributed by atoms with E-state index in [0.717, 1.165) is 51.4 Å². The number of nitrogens with one attached hydrogen (secondary N) is 2. The zero-order valence-electron chi connectivity index (χ0n) is 24.7. The van der Waals surface area contributed by atoms with Crippen LogP contribution in [-0.4, -0.2) is 63.0 Å². The molecule has 0 aromatic rings. The molecule has 2 N–H and O–H groups in total. The zero-order valence-corrected chi connectivity index (χ0v) is 24.7. The first-order valence-corrected chi connectivity index (χ1v) is 14.6. The van der Waals surface area contributed by atoms with Crippen molar-refractivity contribution in [3.05, 3.63) is 0 Å². The summed E-state index contributed by atoms with van der Waals surface area (Å²) < 4.78 is 17.5. The van der Waals surface area contributed by atoms with E-state index in [1.807, 2.05) is 20.8 Å². The van der Waals surface area contributed by atoms with Crippen molar-refractivity contribution in [1.29, 1.82) is 0 Å². The van der Waals surface area contributed by atoms with Crippen molar-refractivity contribution in [2.75, 3.05) is 33.0 Å². The summed E-state index contributed by atoms with van der Waals surface area (Å²) in [6.07, 6.45) is 8.02. The van der Waals surface area contributed by atoms with Crippen molar-refractivity contribution in [2.45, 2.75) is 125 Å². The molecular weight excluding hydrogens is 456 g/mol. The molecule has 0 spiro atoms. The Morgan fingerprint density at radius 2 is 1.08 bits per heavy atom. The number of amides is 2. The van der Waals surface area contributed by atoms with Gasteiger partial charge in [-0.25, -0.2) is 0 Å². The molecule has 6 unspecified atom stereocenters. The Bertz CT molecular complexity index is 512. The number of carbonyl (C=O) groups is 2. The van der Waals surface area contributed by atoms with E-state index in [0.29, 0.717) is 33.0 Å². The topological polar surface area (TPSA) is 85.9 Å². The van der Waals surface area contributed by atoms with Crippen molar-refractivity contribution >= 4 is 11.8 Å². The molecule has 0 aliphatic rings. The summed E-state index contributed by atoms with van der Waals surface area (Å²) >= 11 is 0. The highest BCUT2D eigenvalue weighted by molar-refractivity contribution is 5.79. The van der Waals surface area contributed by atoms with Gasteiger partial charge in [-0.1, -0.05) is 60.3 Å². The maximum absolute atomic E-state index is 12.4. The minimum Gasteiger partial charge on any atom is -0.379 e. The molecule has 0 aromatic carbocycles. The summed E-state index contributed by atoms with van der Waals surface area (Å²) in [5, 5.41) is 6.17. The molecule has 0 fully saturated rings. The lowest BCUT2D eigenvalue weighted by molar-refractivity contribution is -0.127. The molecular formula is C29H58N2O5. The molecule has 2 amide bonds. The second kappa shape index (κ2) is 21.9. The average Bonchev–Trinajstić information content (AvgIpc) is 2.83. The summed E-state index contributed by atoms with van der Waals surface area (Å²) in [4.78, 5) is 24.8. The summed E-state index contributed by atoms with van der Waals surface area (Å²) in [5.74, 6) is 0.715. The van der Waals surface area contributed by atoms with Crippen LogP contribution in [0.5, 0.6) is 0 Å². The smallest absolute Gasteiger partial charge is 0.223 e. The van der Waals surface area contributed by atoms with Crippen LogP contribution in [0.25, 0.3) is 0 Å². The van der Waals surface area contributed by atoms with Crippen LogP contribution >= 0.6 is 0 Å². The lowest BCUT2D eigenvalue weighted by Gasteiger charge is -2.22. The van der Waals surface area contributed by atoms with Crippen molar-refractivity contribution in [3.8, 4) is 0 Å². The van der Waals surface area contributed by atoms with Crippen LogP contribution in [0.15, 0.2) is 0 Å². The Morgan fingerprint density at radius 3 is 1.50 bits per heavy atom. The van der Waals surface area contributed by atoms with Gasteiger partial charge in [0.15, 0.2) is 0 Å². The molecule has 0 heterocycles. The molecule has 6 atom stereocenters. The third-order valence-corrected chi connectivity index (χ3v) is 6.47. The van der Waals surface area contributed by atoms with Gasteiger partial charge in [0.05, 0.1) is 39.1 Å². The van der Waals surface area contributed by atoms with E-state index >= 15 is 0 Å². The Labute approximate surface area is 222 Å². The third-order valence-electron chi connectivity index (χ3n) is 6.47. The lowest BCUT2D eigenvalue weighted by Crippen LogP contribution is -2.40. The second-order valence-electron chi connectivity index (χ2n) is 10.6. The summed E-state index contributed by atoms with van der Waals surface area (Å²) in [5.41, 5.74) is 0. The minimum atomic E-state index is -0.0318. The molecule has 0 bridgehead atoms. The molecule has 36 heavy (non-hydrogen) atoms.